The molecule has 1 aromatic rings. The van der Waals surface area contributed by atoms with Crippen LogP contribution in [0.1, 0.15) is 6.92 Å². The lowest BCUT2D eigenvalue weighted by atomic mass is 10.3. The van der Waals surface area contributed by atoms with E-state index in [4.69, 9.17) is 10.5 Å². The molecule has 0 aromatic heterocycles. The molecule has 0 aliphatic heterocycles. The summed E-state index contributed by atoms with van der Waals surface area (Å²) in [4.78, 5) is 21.7. The Balaban J connectivity index is 2.57. The highest BCUT2D eigenvalue weighted by Gasteiger charge is 2.15. The lowest BCUT2D eigenvalue weighted by Gasteiger charge is -2.13. The maximum Gasteiger partial charge on any atom is 0.318 e. The molecule has 0 unspecified atom stereocenters. The zero-order valence-corrected chi connectivity index (χ0v) is 10.7. The van der Waals surface area contributed by atoms with Crippen LogP contribution >= 0.6 is 22.6 Å². The summed E-state index contributed by atoms with van der Waals surface area (Å²) in [6.45, 7) is 1.54. The van der Waals surface area contributed by atoms with E-state index in [2.05, 4.69) is 22.6 Å². The van der Waals surface area contributed by atoms with Gasteiger partial charge in [-0.25, -0.2) is 4.79 Å². The molecule has 0 aliphatic rings. The minimum atomic E-state index is -0.886. The molecule has 0 saturated carbocycles. The molecule has 0 saturated heterocycles. The lowest BCUT2D eigenvalue weighted by molar-refractivity contribution is -0.126. The number of carbonyl (C=O) groups excluding carboxylic acids is 2. The topological polar surface area (TPSA) is 81.4 Å². The Morgan fingerprint density at radius 3 is 2.44 bits per heavy atom. The molecule has 1 aromatic carbocycles. The Morgan fingerprint density at radius 2 is 1.94 bits per heavy atom. The van der Waals surface area contributed by atoms with Crippen LogP contribution in [0, 0.1) is 3.57 Å². The average molecular weight is 334 g/mol. The number of halogens is 1. The number of primary amides is 1. The Morgan fingerprint density at radius 1 is 1.38 bits per heavy atom. The number of rotatable bonds is 3. The molecule has 86 valence electrons. The van der Waals surface area contributed by atoms with Gasteiger partial charge in [0.25, 0.3) is 5.91 Å². The van der Waals surface area contributed by atoms with Crippen LogP contribution in [0.25, 0.3) is 0 Å². The third-order valence-electron chi connectivity index (χ3n) is 1.74. The smallest absolute Gasteiger partial charge is 0.318 e. The first-order valence-corrected chi connectivity index (χ1v) is 5.59. The largest absolute Gasteiger partial charge is 0.481 e. The highest BCUT2D eigenvalue weighted by Crippen LogP contribution is 2.14. The van der Waals surface area contributed by atoms with Crippen molar-refractivity contribution >= 4 is 34.5 Å². The lowest BCUT2D eigenvalue weighted by Crippen LogP contribution is -2.42. The summed E-state index contributed by atoms with van der Waals surface area (Å²) in [5, 5.41) is 1.95. The first-order valence-electron chi connectivity index (χ1n) is 4.51. The van der Waals surface area contributed by atoms with Crippen molar-refractivity contribution < 1.29 is 14.3 Å². The number of hydrogen-bond donors (Lipinski definition) is 2. The number of hydrogen-bond acceptors (Lipinski definition) is 3. The predicted molar refractivity (Wildman–Crippen MR) is 67.0 cm³/mol. The summed E-state index contributed by atoms with van der Waals surface area (Å²) in [5.41, 5.74) is 4.82. The van der Waals surface area contributed by atoms with Crippen LogP contribution < -0.4 is 15.8 Å². The molecule has 6 heteroatoms. The van der Waals surface area contributed by atoms with Crippen LogP contribution in [0.4, 0.5) is 4.79 Å². The maximum absolute atomic E-state index is 11.3. The summed E-state index contributed by atoms with van der Waals surface area (Å²) in [5.74, 6) is -0.00131. The highest BCUT2D eigenvalue weighted by molar-refractivity contribution is 14.1. The molecule has 0 heterocycles. The molecule has 5 nitrogen and oxygen atoms in total. The first-order chi connectivity index (χ1) is 7.49. The van der Waals surface area contributed by atoms with E-state index in [0.29, 0.717) is 5.75 Å². The second kappa shape index (κ2) is 5.69. The number of urea groups is 1. The third-order valence-corrected chi connectivity index (χ3v) is 2.46. The molecular weight excluding hydrogens is 323 g/mol. The fraction of sp³-hybridized carbons (Fsp3) is 0.200. The number of nitrogens with two attached hydrogens (primary N) is 1. The minimum absolute atomic E-state index is 0.563. The van der Waals surface area contributed by atoms with Crippen molar-refractivity contribution in [3.8, 4) is 5.75 Å². The van der Waals surface area contributed by atoms with E-state index in [0.717, 1.165) is 3.57 Å². The number of nitrogens with one attached hydrogen (secondary N) is 1. The number of benzene rings is 1. The molecule has 1 atom stereocenters. The van der Waals surface area contributed by atoms with E-state index in [1.165, 1.54) is 6.92 Å². The number of imide groups is 1. The van der Waals surface area contributed by atoms with Gasteiger partial charge in [0.05, 0.1) is 0 Å². The maximum atomic E-state index is 11.3. The van der Waals surface area contributed by atoms with Crippen molar-refractivity contribution in [3.63, 3.8) is 0 Å². The van der Waals surface area contributed by atoms with Gasteiger partial charge in [-0.3, -0.25) is 10.1 Å². The van der Waals surface area contributed by atoms with E-state index in [9.17, 15) is 9.59 Å². The summed E-state index contributed by atoms with van der Waals surface area (Å²) < 4.78 is 6.38. The van der Waals surface area contributed by atoms with E-state index in [1.54, 1.807) is 12.1 Å². The molecule has 0 spiro atoms. The van der Waals surface area contributed by atoms with E-state index in [1.807, 2.05) is 17.4 Å². The molecule has 0 fully saturated rings. The summed E-state index contributed by atoms with van der Waals surface area (Å²) in [6.07, 6.45) is -0.771. The normalized spacial score (nSPS) is 11.6. The highest BCUT2D eigenvalue weighted by atomic mass is 127. The van der Waals surface area contributed by atoms with Gasteiger partial charge in [0.15, 0.2) is 6.10 Å². The molecule has 3 N–H and O–H groups in total. The van der Waals surface area contributed by atoms with Crippen LogP contribution in [0.15, 0.2) is 24.3 Å². The van der Waals surface area contributed by atoms with E-state index < -0.39 is 18.0 Å². The van der Waals surface area contributed by atoms with Gasteiger partial charge >= 0.3 is 6.03 Å². The van der Waals surface area contributed by atoms with Gasteiger partial charge in [0, 0.05) is 3.57 Å². The Hall–Kier alpha value is -1.31. The second-order valence-electron chi connectivity index (χ2n) is 3.07. The molecule has 1 rings (SSSR count). The van der Waals surface area contributed by atoms with Crippen molar-refractivity contribution in [2.75, 3.05) is 0 Å². The van der Waals surface area contributed by atoms with Gasteiger partial charge in [-0.2, -0.15) is 0 Å². The van der Waals surface area contributed by atoms with E-state index in [-0.39, 0.29) is 0 Å². The molecule has 3 amide bonds. The third kappa shape index (κ3) is 4.05. The standard InChI is InChI=1S/C10H11IN2O3/c1-6(9(14)13-10(12)15)16-8-4-2-7(11)3-5-8/h2-6H,1H3,(H3,12,13,14,15)/t6-/m1/s1. The quantitative estimate of drug-likeness (QED) is 0.817. The zero-order valence-electron chi connectivity index (χ0n) is 8.57. The van der Waals surface area contributed by atoms with Crippen LogP contribution in [-0.2, 0) is 4.79 Å². The Kier molecular flexibility index (Phi) is 4.53. The van der Waals surface area contributed by atoms with Crippen LogP contribution in [0.3, 0.4) is 0 Å². The van der Waals surface area contributed by atoms with Gasteiger partial charge in [0.2, 0.25) is 0 Å². The van der Waals surface area contributed by atoms with Gasteiger partial charge in [-0.1, -0.05) is 0 Å². The van der Waals surface area contributed by atoms with Crippen molar-refractivity contribution in [2.45, 2.75) is 13.0 Å². The van der Waals surface area contributed by atoms with Crippen LogP contribution in [0.5, 0.6) is 5.75 Å². The SMILES string of the molecule is C[C@@H](Oc1ccc(I)cc1)C(=O)NC(N)=O. The molecule has 0 aliphatic carbocycles. The molecule has 16 heavy (non-hydrogen) atoms. The van der Waals surface area contributed by atoms with Gasteiger partial charge in [-0.15, -0.1) is 0 Å². The number of amides is 3. The van der Waals surface area contributed by atoms with Crippen molar-refractivity contribution in [1.82, 2.24) is 5.32 Å². The first kappa shape index (κ1) is 12.8. The number of ether oxygens (including phenoxy) is 1. The summed E-state index contributed by atoms with van der Waals surface area (Å²) in [7, 11) is 0. The monoisotopic (exact) mass is 334 g/mol. The summed E-state index contributed by atoms with van der Waals surface area (Å²) in [6, 6.07) is 6.32. The predicted octanol–water partition coefficient (Wildman–Crippen LogP) is 1.25. The van der Waals surface area contributed by atoms with E-state index >= 15 is 0 Å². The molecule has 0 radical (unpaired) electrons. The average Bonchev–Trinajstić information content (AvgIpc) is 2.20. The van der Waals surface area contributed by atoms with Crippen molar-refractivity contribution in [2.24, 2.45) is 5.73 Å². The molecule has 0 bridgehead atoms. The number of carbonyl (C=O) groups is 2. The Labute approximate surface area is 106 Å². The van der Waals surface area contributed by atoms with Crippen LogP contribution in [0.2, 0.25) is 0 Å². The van der Waals surface area contributed by atoms with Crippen LogP contribution in [-0.4, -0.2) is 18.0 Å². The zero-order chi connectivity index (χ0) is 12.1. The van der Waals surface area contributed by atoms with Gasteiger partial charge < -0.3 is 10.5 Å². The molecular formula is C10H11IN2O3. The van der Waals surface area contributed by atoms with Gasteiger partial charge in [0.1, 0.15) is 5.75 Å². The second-order valence-corrected chi connectivity index (χ2v) is 4.31. The Bertz CT molecular complexity index is 392. The fourth-order valence-corrected chi connectivity index (χ4v) is 1.35. The summed E-state index contributed by atoms with van der Waals surface area (Å²) >= 11 is 2.16. The minimum Gasteiger partial charge on any atom is -0.481 e. The fourth-order valence-electron chi connectivity index (χ4n) is 0.994. The van der Waals surface area contributed by atoms with Crippen molar-refractivity contribution in [1.29, 1.82) is 0 Å². The van der Waals surface area contributed by atoms with Crippen molar-refractivity contribution in [3.05, 3.63) is 27.8 Å². The van der Waals surface area contributed by atoms with Gasteiger partial charge in [-0.05, 0) is 53.8 Å².